The highest BCUT2D eigenvalue weighted by atomic mass is 16.5. The fraction of sp³-hybridized carbons (Fsp3) is 0.300. The van der Waals surface area contributed by atoms with Gasteiger partial charge in [0.25, 0.3) is 0 Å². The van der Waals surface area contributed by atoms with Gasteiger partial charge in [-0.15, -0.1) is 0 Å². The third-order valence-corrected chi connectivity index (χ3v) is 7.39. The summed E-state index contributed by atoms with van der Waals surface area (Å²) in [4.78, 5) is 5.55. The highest BCUT2D eigenvalue weighted by Crippen LogP contribution is 2.52. The van der Waals surface area contributed by atoms with Crippen LogP contribution in [0.1, 0.15) is 55.7 Å². The van der Waals surface area contributed by atoms with Crippen molar-refractivity contribution in [1.29, 1.82) is 0 Å². The van der Waals surface area contributed by atoms with Crippen LogP contribution in [0.25, 0.3) is 16.7 Å². The molecule has 32 heavy (non-hydrogen) atoms. The lowest BCUT2D eigenvalue weighted by Crippen LogP contribution is -2.42. The summed E-state index contributed by atoms with van der Waals surface area (Å²) >= 11 is 0. The first-order valence-corrected chi connectivity index (χ1v) is 12.0. The van der Waals surface area contributed by atoms with Gasteiger partial charge in [0.05, 0.1) is 11.3 Å². The van der Waals surface area contributed by atoms with E-state index >= 15 is 0 Å². The Hall–Kier alpha value is -2.97. The number of aliphatic imine (C=N–C) groups is 1. The molecular weight excluding hydrogens is 390 g/mol. The predicted molar refractivity (Wildman–Crippen MR) is 132 cm³/mol. The standard InChI is InChI=1S/C30H29NO/c1-2-32-29-27(26-24-17-9-7-15-22(24)23-16-8-10-18-25(23)26)28(21-13-5-3-6-14-21)31-30(29)19-11-4-12-20-30/h3,5-10,13-18,29H,2,4,11-12,19-20H2,1H3. The zero-order chi connectivity index (χ0) is 21.5. The number of hydrogen-bond donors (Lipinski definition) is 0. The van der Waals surface area contributed by atoms with E-state index in [1.807, 2.05) is 0 Å². The second kappa shape index (κ2) is 7.86. The van der Waals surface area contributed by atoms with Crippen LogP contribution in [0.5, 0.6) is 0 Å². The van der Waals surface area contributed by atoms with Crippen molar-refractivity contribution in [2.45, 2.75) is 50.7 Å². The van der Waals surface area contributed by atoms with Gasteiger partial charge < -0.3 is 4.74 Å². The zero-order valence-corrected chi connectivity index (χ0v) is 18.7. The van der Waals surface area contributed by atoms with E-state index in [4.69, 9.17) is 9.73 Å². The molecular formula is C30H29NO. The number of rotatable bonds is 3. The highest BCUT2D eigenvalue weighted by molar-refractivity contribution is 6.22. The molecule has 6 rings (SSSR count). The first kappa shape index (κ1) is 19.7. The molecule has 1 atom stereocenters. The smallest absolute Gasteiger partial charge is 0.110 e. The fourth-order valence-corrected chi connectivity index (χ4v) is 6.05. The summed E-state index contributed by atoms with van der Waals surface area (Å²) < 4.78 is 6.63. The minimum atomic E-state index is -0.145. The molecule has 1 unspecified atom stereocenters. The summed E-state index contributed by atoms with van der Waals surface area (Å²) in [6.45, 7) is 2.82. The molecule has 0 amide bonds. The maximum Gasteiger partial charge on any atom is 0.110 e. The molecule has 0 bridgehead atoms. The van der Waals surface area contributed by atoms with E-state index in [-0.39, 0.29) is 11.6 Å². The molecule has 0 aromatic heterocycles. The summed E-state index contributed by atoms with van der Waals surface area (Å²) in [5.74, 6) is 0. The van der Waals surface area contributed by atoms with Gasteiger partial charge in [0.1, 0.15) is 6.10 Å². The van der Waals surface area contributed by atoms with E-state index in [2.05, 4.69) is 85.8 Å². The molecule has 0 N–H and O–H groups in total. The molecule has 2 aliphatic carbocycles. The second-order valence-corrected chi connectivity index (χ2v) is 9.21. The number of nitrogens with zero attached hydrogens (tertiary/aromatic N) is 1. The van der Waals surface area contributed by atoms with Gasteiger partial charge in [-0.25, -0.2) is 0 Å². The van der Waals surface area contributed by atoms with Crippen LogP contribution < -0.4 is 0 Å². The molecule has 1 spiro atoms. The van der Waals surface area contributed by atoms with Crippen LogP contribution in [0.15, 0.2) is 89.4 Å². The minimum absolute atomic E-state index is 0.00258. The first-order valence-electron chi connectivity index (χ1n) is 12.0. The number of hydrogen-bond acceptors (Lipinski definition) is 2. The normalized spacial score (nSPS) is 20.9. The number of benzene rings is 3. The Morgan fingerprint density at radius 1 is 0.750 bits per heavy atom. The Bertz CT molecular complexity index is 1170. The lowest BCUT2D eigenvalue weighted by Gasteiger charge is -2.37. The van der Waals surface area contributed by atoms with Crippen LogP contribution in [0.3, 0.4) is 0 Å². The molecule has 0 saturated heterocycles. The van der Waals surface area contributed by atoms with E-state index in [0.29, 0.717) is 6.61 Å². The molecule has 1 heterocycles. The maximum absolute atomic E-state index is 6.63. The molecule has 3 aliphatic rings. The van der Waals surface area contributed by atoms with Gasteiger partial charge in [-0.3, -0.25) is 4.99 Å². The fourth-order valence-electron chi connectivity index (χ4n) is 6.05. The van der Waals surface area contributed by atoms with Gasteiger partial charge in [-0.2, -0.15) is 0 Å². The van der Waals surface area contributed by atoms with Crippen molar-refractivity contribution in [2.24, 2.45) is 4.99 Å². The van der Waals surface area contributed by atoms with Crippen molar-refractivity contribution < 1.29 is 4.74 Å². The Labute approximate surface area is 190 Å². The lowest BCUT2D eigenvalue weighted by molar-refractivity contribution is 0.0265. The highest BCUT2D eigenvalue weighted by Gasteiger charge is 2.50. The number of fused-ring (bicyclic) bond motifs is 3. The summed E-state index contributed by atoms with van der Waals surface area (Å²) in [6.07, 6.45) is 5.96. The van der Waals surface area contributed by atoms with Crippen molar-refractivity contribution in [3.8, 4) is 11.1 Å². The van der Waals surface area contributed by atoms with E-state index < -0.39 is 0 Å². The maximum atomic E-state index is 6.63. The predicted octanol–water partition coefficient (Wildman–Crippen LogP) is 7.08. The van der Waals surface area contributed by atoms with E-state index in [1.165, 1.54) is 58.2 Å². The second-order valence-electron chi connectivity index (χ2n) is 9.21. The first-order chi connectivity index (χ1) is 15.8. The van der Waals surface area contributed by atoms with Crippen LogP contribution in [0.4, 0.5) is 0 Å². The molecule has 2 heteroatoms. The van der Waals surface area contributed by atoms with E-state index in [9.17, 15) is 0 Å². The Balaban J connectivity index is 1.67. The molecule has 1 saturated carbocycles. The topological polar surface area (TPSA) is 21.6 Å². The van der Waals surface area contributed by atoms with Crippen molar-refractivity contribution in [3.05, 3.63) is 101 Å². The van der Waals surface area contributed by atoms with Crippen molar-refractivity contribution in [2.75, 3.05) is 6.61 Å². The van der Waals surface area contributed by atoms with Crippen LogP contribution in [-0.4, -0.2) is 24.0 Å². The van der Waals surface area contributed by atoms with Crippen molar-refractivity contribution >= 4 is 11.3 Å². The summed E-state index contributed by atoms with van der Waals surface area (Å²) in [6, 6.07) is 28.4. The van der Waals surface area contributed by atoms with Gasteiger partial charge in [-0.1, -0.05) is 98.1 Å². The molecule has 3 aromatic rings. The Morgan fingerprint density at radius 3 is 1.91 bits per heavy atom. The van der Waals surface area contributed by atoms with Gasteiger partial charge in [0, 0.05) is 17.7 Å². The van der Waals surface area contributed by atoms with E-state index in [1.54, 1.807) is 0 Å². The van der Waals surface area contributed by atoms with Gasteiger partial charge in [0.15, 0.2) is 0 Å². The monoisotopic (exact) mass is 419 g/mol. The Morgan fingerprint density at radius 2 is 1.31 bits per heavy atom. The van der Waals surface area contributed by atoms with Crippen LogP contribution in [0.2, 0.25) is 0 Å². The summed E-state index contributed by atoms with van der Waals surface area (Å²) in [7, 11) is 0. The molecule has 1 fully saturated rings. The molecule has 2 nitrogen and oxygen atoms in total. The minimum Gasteiger partial charge on any atom is -0.371 e. The van der Waals surface area contributed by atoms with E-state index in [0.717, 1.165) is 18.6 Å². The largest absolute Gasteiger partial charge is 0.371 e. The molecule has 3 aromatic carbocycles. The van der Waals surface area contributed by atoms with Crippen LogP contribution in [-0.2, 0) is 4.74 Å². The third-order valence-electron chi connectivity index (χ3n) is 7.39. The van der Waals surface area contributed by atoms with Gasteiger partial charge >= 0.3 is 0 Å². The third kappa shape index (κ3) is 2.93. The van der Waals surface area contributed by atoms with Crippen molar-refractivity contribution in [1.82, 2.24) is 0 Å². The molecule has 0 radical (unpaired) electrons. The van der Waals surface area contributed by atoms with Gasteiger partial charge in [0.2, 0.25) is 0 Å². The molecule has 1 aliphatic heterocycles. The summed E-state index contributed by atoms with van der Waals surface area (Å²) in [5.41, 5.74) is 10.0. The average molecular weight is 420 g/mol. The van der Waals surface area contributed by atoms with Gasteiger partial charge in [-0.05, 0) is 47.6 Å². The SMILES string of the molecule is CCOC1C(=C2c3ccccc3-c3ccccc32)C(c2ccccc2)=NC12CCCCC2. The Kier molecular flexibility index (Phi) is 4.84. The van der Waals surface area contributed by atoms with Crippen molar-refractivity contribution in [3.63, 3.8) is 0 Å². The quantitative estimate of drug-likeness (QED) is 0.348. The zero-order valence-electron chi connectivity index (χ0n) is 18.7. The van der Waals surface area contributed by atoms with Crippen LogP contribution >= 0.6 is 0 Å². The number of ether oxygens (including phenoxy) is 1. The van der Waals surface area contributed by atoms with Crippen LogP contribution in [0, 0.1) is 0 Å². The molecule has 160 valence electrons. The summed E-state index contributed by atoms with van der Waals surface area (Å²) in [5, 5.41) is 0. The average Bonchev–Trinajstić information content (AvgIpc) is 3.33. The lowest BCUT2D eigenvalue weighted by atomic mass is 9.75.